The maximum Gasteiger partial charge on any atom is 0.416 e. The maximum atomic E-state index is 12.8. The van der Waals surface area contributed by atoms with Crippen LogP contribution in [0.25, 0.3) is 0 Å². The van der Waals surface area contributed by atoms with Crippen LogP contribution < -0.4 is 10.2 Å². The van der Waals surface area contributed by atoms with Crippen molar-refractivity contribution in [3.8, 4) is 0 Å². The standard InChI is InChI=1S/C25H21F3N2O2S/c1-15-10-16(2)12-21(11-15)30-22(31)14-33-24(30)18-4-3-5-20(13-18)29-23(32)17-6-8-19(9-7-17)25(26,27)28/h3-13,24H,14H2,1-2H3,(H,29,32)/t24-/m0/s1. The molecule has 8 heteroatoms. The van der Waals surface area contributed by atoms with Crippen LogP contribution in [0, 0.1) is 13.8 Å². The fraction of sp³-hybridized carbons (Fsp3) is 0.200. The number of amides is 2. The second-order valence-corrected chi connectivity index (χ2v) is 9.00. The molecule has 3 aromatic carbocycles. The Hall–Kier alpha value is -3.26. The molecule has 1 N–H and O–H groups in total. The monoisotopic (exact) mass is 470 g/mol. The zero-order valence-corrected chi connectivity index (χ0v) is 18.8. The van der Waals surface area contributed by atoms with Gasteiger partial charge in [0.05, 0.1) is 11.3 Å². The average Bonchev–Trinajstić information content (AvgIpc) is 3.14. The molecule has 4 nitrogen and oxygen atoms in total. The molecule has 0 radical (unpaired) electrons. The van der Waals surface area contributed by atoms with Crippen molar-refractivity contribution in [2.75, 3.05) is 16.0 Å². The lowest BCUT2D eigenvalue weighted by Gasteiger charge is -2.25. The van der Waals surface area contributed by atoms with Gasteiger partial charge in [-0.2, -0.15) is 13.2 Å². The molecule has 1 aliphatic rings. The summed E-state index contributed by atoms with van der Waals surface area (Å²) in [5, 5.41) is 2.48. The molecule has 4 rings (SSSR count). The van der Waals surface area contributed by atoms with E-state index >= 15 is 0 Å². The molecule has 0 unspecified atom stereocenters. The summed E-state index contributed by atoms with van der Waals surface area (Å²) in [6, 6.07) is 17.2. The van der Waals surface area contributed by atoms with Gasteiger partial charge in [0.2, 0.25) is 5.91 Å². The first kappa shape index (κ1) is 22.9. The molecule has 0 bridgehead atoms. The minimum absolute atomic E-state index is 0.00851. The number of hydrogen-bond acceptors (Lipinski definition) is 3. The smallest absolute Gasteiger partial charge is 0.322 e. The number of nitrogens with one attached hydrogen (secondary N) is 1. The van der Waals surface area contributed by atoms with Crippen LogP contribution in [0.5, 0.6) is 0 Å². The van der Waals surface area contributed by atoms with E-state index in [1.165, 1.54) is 11.8 Å². The first-order chi connectivity index (χ1) is 15.6. The molecule has 33 heavy (non-hydrogen) atoms. The van der Waals surface area contributed by atoms with E-state index < -0.39 is 17.6 Å². The quantitative estimate of drug-likeness (QED) is 0.483. The number of hydrogen-bond donors (Lipinski definition) is 1. The number of rotatable bonds is 4. The SMILES string of the molecule is Cc1cc(C)cc(N2C(=O)CS[C@H]2c2cccc(NC(=O)c3ccc(C(F)(F)F)cc3)c2)c1. The topological polar surface area (TPSA) is 49.4 Å². The van der Waals surface area contributed by atoms with Gasteiger partial charge in [-0.05, 0) is 79.1 Å². The predicted molar refractivity (Wildman–Crippen MR) is 124 cm³/mol. The molecule has 0 aromatic heterocycles. The number of carbonyl (C=O) groups excluding carboxylic acids is 2. The minimum Gasteiger partial charge on any atom is -0.322 e. The van der Waals surface area contributed by atoms with Crippen molar-refractivity contribution in [2.45, 2.75) is 25.4 Å². The Labute approximate surface area is 193 Å². The molecule has 1 saturated heterocycles. The number of anilines is 2. The van der Waals surface area contributed by atoms with Gasteiger partial charge in [0, 0.05) is 16.9 Å². The Kier molecular flexibility index (Phi) is 6.21. The predicted octanol–water partition coefficient (Wildman–Crippen LogP) is 6.35. The van der Waals surface area contributed by atoms with Crippen LogP contribution in [0.4, 0.5) is 24.5 Å². The molecule has 0 saturated carbocycles. The van der Waals surface area contributed by atoms with Crippen molar-refractivity contribution in [1.29, 1.82) is 0 Å². The first-order valence-corrected chi connectivity index (χ1v) is 11.3. The van der Waals surface area contributed by atoms with Crippen molar-refractivity contribution in [3.63, 3.8) is 0 Å². The molecule has 3 aromatic rings. The van der Waals surface area contributed by atoms with E-state index in [2.05, 4.69) is 5.32 Å². The number of alkyl halides is 3. The van der Waals surface area contributed by atoms with Crippen molar-refractivity contribution >= 4 is 35.0 Å². The van der Waals surface area contributed by atoms with Crippen LogP contribution >= 0.6 is 11.8 Å². The molecule has 1 aliphatic heterocycles. The lowest BCUT2D eigenvalue weighted by molar-refractivity contribution is -0.137. The van der Waals surface area contributed by atoms with Gasteiger partial charge in [-0.3, -0.25) is 14.5 Å². The highest BCUT2D eigenvalue weighted by Gasteiger charge is 2.34. The fourth-order valence-corrected chi connectivity index (χ4v) is 4.99. The molecule has 1 heterocycles. The molecule has 170 valence electrons. The van der Waals surface area contributed by atoms with Gasteiger partial charge in [0.15, 0.2) is 0 Å². The summed E-state index contributed by atoms with van der Waals surface area (Å²) in [4.78, 5) is 27.0. The van der Waals surface area contributed by atoms with Crippen LogP contribution in [-0.2, 0) is 11.0 Å². The number of carbonyl (C=O) groups is 2. The zero-order chi connectivity index (χ0) is 23.8. The first-order valence-electron chi connectivity index (χ1n) is 10.2. The molecule has 1 atom stereocenters. The summed E-state index contributed by atoms with van der Waals surface area (Å²) in [6.45, 7) is 3.97. The van der Waals surface area contributed by atoms with Crippen LogP contribution in [0.15, 0.2) is 66.7 Å². The van der Waals surface area contributed by atoms with Crippen molar-refractivity contribution in [2.24, 2.45) is 0 Å². The molecule has 0 aliphatic carbocycles. The maximum absolute atomic E-state index is 12.8. The molecule has 1 fully saturated rings. The third-order valence-corrected chi connectivity index (χ3v) is 6.47. The summed E-state index contributed by atoms with van der Waals surface area (Å²) < 4.78 is 38.3. The number of thioether (sulfide) groups is 1. The summed E-state index contributed by atoms with van der Waals surface area (Å²) in [5.74, 6) is -0.156. The normalized spacial score (nSPS) is 16.2. The fourth-order valence-electron chi connectivity index (χ4n) is 3.82. The highest BCUT2D eigenvalue weighted by atomic mass is 32.2. The Morgan fingerprint density at radius 1 is 1.00 bits per heavy atom. The van der Waals surface area contributed by atoms with Gasteiger partial charge in [0.1, 0.15) is 5.37 Å². The third kappa shape index (κ3) is 5.06. The van der Waals surface area contributed by atoms with E-state index in [0.717, 1.165) is 46.6 Å². The highest BCUT2D eigenvalue weighted by molar-refractivity contribution is 8.00. The highest BCUT2D eigenvalue weighted by Crippen LogP contribution is 2.42. The van der Waals surface area contributed by atoms with Gasteiger partial charge >= 0.3 is 6.18 Å². The summed E-state index contributed by atoms with van der Waals surface area (Å²) in [5.41, 5.74) is 3.60. The Balaban J connectivity index is 1.56. The van der Waals surface area contributed by atoms with Gasteiger partial charge < -0.3 is 5.32 Å². The minimum atomic E-state index is -4.46. The molecule has 0 spiro atoms. The van der Waals surface area contributed by atoms with Gasteiger partial charge in [-0.1, -0.05) is 18.2 Å². The lowest BCUT2D eigenvalue weighted by atomic mass is 10.1. The van der Waals surface area contributed by atoms with Gasteiger partial charge in [-0.15, -0.1) is 11.8 Å². The van der Waals surface area contributed by atoms with Crippen LogP contribution in [0.2, 0.25) is 0 Å². The second-order valence-electron chi connectivity index (χ2n) is 7.93. The van der Waals surface area contributed by atoms with Crippen molar-refractivity contribution < 1.29 is 22.8 Å². The Morgan fingerprint density at radius 2 is 1.67 bits per heavy atom. The summed E-state index contributed by atoms with van der Waals surface area (Å²) in [6.07, 6.45) is -4.46. The second kappa shape index (κ2) is 8.94. The number of aryl methyl sites for hydroxylation is 2. The largest absolute Gasteiger partial charge is 0.416 e. The summed E-state index contributed by atoms with van der Waals surface area (Å²) in [7, 11) is 0. The summed E-state index contributed by atoms with van der Waals surface area (Å²) >= 11 is 1.50. The Morgan fingerprint density at radius 3 is 2.30 bits per heavy atom. The molecular formula is C25H21F3N2O2S. The van der Waals surface area contributed by atoms with E-state index in [1.54, 1.807) is 23.1 Å². The zero-order valence-electron chi connectivity index (χ0n) is 17.9. The van der Waals surface area contributed by atoms with Crippen molar-refractivity contribution in [1.82, 2.24) is 0 Å². The van der Waals surface area contributed by atoms with E-state index in [1.807, 2.05) is 38.1 Å². The number of benzene rings is 3. The van der Waals surface area contributed by atoms with E-state index in [4.69, 9.17) is 0 Å². The van der Waals surface area contributed by atoms with E-state index in [-0.39, 0.29) is 16.8 Å². The van der Waals surface area contributed by atoms with E-state index in [0.29, 0.717) is 11.4 Å². The average molecular weight is 471 g/mol. The molecular weight excluding hydrogens is 449 g/mol. The Bertz CT molecular complexity index is 1190. The van der Waals surface area contributed by atoms with Crippen molar-refractivity contribution in [3.05, 3.63) is 94.5 Å². The van der Waals surface area contributed by atoms with Crippen LogP contribution in [0.3, 0.4) is 0 Å². The number of halogens is 3. The third-order valence-electron chi connectivity index (χ3n) is 5.26. The lowest BCUT2D eigenvalue weighted by Crippen LogP contribution is -2.28. The number of nitrogens with zero attached hydrogens (tertiary/aromatic N) is 1. The van der Waals surface area contributed by atoms with E-state index in [9.17, 15) is 22.8 Å². The van der Waals surface area contributed by atoms with Gasteiger partial charge in [0.25, 0.3) is 5.91 Å². The molecule has 2 amide bonds. The van der Waals surface area contributed by atoms with Gasteiger partial charge in [-0.25, -0.2) is 0 Å². The van der Waals surface area contributed by atoms with Crippen LogP contribution in [0.1, 0.15) is 38.0 Å². The van der Waals surface area contributed by atoms with Crippen LogP contribution in [-0.4, -0.2) is 17.6 Å².